The highest BCUT2D eigenvalue weighted by molar-refractivity contribution is 8.04. The van der Waals surface area contributed by atoms with Gasteiger partial charge in [-0.1, -0.05) is 23.9 Å². The topological polar surface area (TPSA) is 49.3 Å². The number of thioether (sulfide) groups is 1. The van der Waals surface area contributed by atoms with Crippen molar-refractivity contribution in [1.29, 1.82) is 0 Å². The fourth-order valence-electron chi connectivity index (χ4n) is 1.93. The molecule has 2 fully saturated rings. The molecule has 1 saturated heterocycles. The zero-order valence-corrected chi connectivity index (χ0v) is 10.3. The molecule has 2 N–H and O–H groups in total. The maximum absolute atomic E-state index is 13.1. The maximum Gasteiger partial charge on any atom is 0.262 e. The average Bonchev–Trinajstić information content (AvgIpc) is 3.12. The van der Waals surface area contributed by atoms with E-state index in [4.69, 9.17) is 0 Å². The molecule has 5 heteroatoms. The predicted octanol–water partition coefficient (Wildman–Crippen LogP) is 2.87. The number of hydrogen-bond donors (Lipinski definition) is 2. The van der Waals surface area contributed by atoms with E-state index in [1.807, 2.05) is 0 Å². The van der Waals surface area contributed by atoms with Crippen molar-refractivity contribution in [2.24, 2.45) is 5.92 Å². The fourth-order valence-corrected chi connectivity index (χ4v) is 3.06. The van der Waals surface area contributed by atoms with E-state index < -0.39 is 0 Å². The van der Waals surface area contributed by atoms with Gasteiger partial charge in [0.2, 0.25) is 0 Å². The molecule has 0 spiro atoms. The van der Waals surface area contributed by atoms with Crippen LogP contribution in [0.4, 0.5) is 4.39 Å². The van der Waals surface area contributed by atoms with Crippen LogP contribution in [0, 0.1) is 11.7 Å². The number of aliphatic hydroxyl groups excluding tert-OH is 1. The number of halogens is 1. The molecule has 1 unspecified atom stereocenters. The third-order valence-electron chi connectivity index (χ3n) is 3.05. The van der Waals surface area contributed by atoms with Crippen molar-refractivity contribution in [3.63, 3.8) is 0 Å². The summed E-state index contributed by atoms with van der Waals surface area (Å²) in [6, 6.07) is 6.14. The number of allylic oxidation sites excluding steroid dienone is 1. The molecule has 1 atom stereocenters. The van der Waals surface area contributed by atoms with Gasteiger partial charge in [-0.15, -0.1) is 0 Å². The molecule has 1 aromatic rings. The van der Waals surface area contributed by atoms with E-state index in [0.717, 1.165) is 12.8 Å². The van der Waals surface area contributed by atoms with Crippen LogP contribution < -0.4 is 5.32 Å². The Morgan fingerprint density at radius 3 is 2.89 bits per heavy atom. The summed E-state index contributed by atoms with van der Waals surface area (Å²) >= 11 is 1.26. The van der Waals surface area contributed by atoms with Crippen molar-refractivity contribution in [3.05, 3.63) is 46.3 Å². The minimum Gasteiger partial charge on any atom is -0.511 e. The Balaban J connectivity index is 1.86. The summed E-state index contributed by atoms with van der Waals surface area (Å²) in [5.41, 5.74) is 0.701. The van der Waals surface area contributed by atoms with Crippen molar-refractivity contribution in [3.8, 4) is 0 Å². The Hall–Kier alpha value is -1.49. The van der Waals surface area contributed by atoms with Crippen molar-refractivity contribution in [2.75, 3.05) is 0 Å². The Labute approximate surface area is 108 Å². The van der Waals surface area contributed by atoms with Gasteiger partial charge in [-0.2, -0.15) is 0 Å². The molecule has 1 heterocycles. The lowest BCUT2D eigenvalue weighted by Gasteiger charge is -2.08. The van der Waals surface area contributed by atoms with Gasteiger partial charge in [0.25, 0.3) is 5.91 Å². The van der Waals surface area contributed by atoms with Crippen LogP contribution in [-0.4, -0.2) is 11.0 Å². The molecule has 1 saturated carbocycles. The standard InChI is InChI=1S/C13H12FNO2S/c14-9-3-1-2-8(6-9)13-15-12(17)11(18-13)10(16)7-4-5-7/h1-3,6-7,13,16H,4-5H2,(H,15,17). The first-order chi connectivity index (χ1) is 8.65. The third kappa shape index (κ3) is 2.10. The number of aliphatic hydroxyl groups is 1. The summed E-state index contributed by atoms with van der Waals surface area (Å²) in [4.78, 5) is 12.2. The van der Waals surface area contributed by atoms with Crippen LogP contribution in [0.15, 0.2) is 34.9 Å². The van der Waals surface area contributed by atoms with E-state index in [-0.39, 0.29) is 28.8 Å². The molecule has 0 radical (unpaired) electrons. The van der Waals surface area contributed by atoms with E-state index in [1.54, 1.807) is 12.1 Å². The van der Waals surface area contributed by atoms with Crippen LogP contribution >= 0.6 is 11.8 Å². The van der Waals surface area contributed by atoms with Crippen molar-refractivity contribution < 1.29 is 14.3 Å². The van der Waals surface area contributed by atoms with Crippen molar-refractivity contribution >= 4 is 17.7 Å². The Morgan fingerprint density at radius 1 is 1.44 bits per heavy atom. The lowest BCUT2D eigenvalue weighted by Crippen LogP contribution is -2.19. The second kappa shape index (κ2) is 4.31. The molecule has 94 valence electrons. The number of rotatable bonds is 2. The number of amides is 1. The lowest BCUT2D eigenvalue weighted by atomic mass is 10.2. The van der Waals surface area contributed by atoms with Crippen LogP contribution in [0.25, 0.3) is 0 Å². The van der Waals surface area contributed by atoms with Gasteiger partial charge >= 0.3 is 0 Å². The van der Waals surface area contributed by atoms with Gasteiger partial charge in [0.1, 0.15) is 21.9 Å². The molecule has 18 heavy (non-hydrogen) atoms. The van der Waals surface area contributed by atoms with Crippen molar-refractivity contribution in [2.45, 2.75) is 18.2 Å². The number of carbonyl (C=O) groups excluding carboxylic acids is 1. The predicted molar refractivity (Wildman–Crippen MR) is 67.3 cm³/mol. The van der Waals surface area contributed by atoms with Gasteiger partial charge in [0.05, 0.1) is 0 Å². The van der Waals surface area contributed by atoms with Crippen molar-refractivity contribution in [1.82, 2.24) is 5.32 Å². The second-order valence-electron chi connectivity index (χ2n) is 4.51. The number of nitrogens with one attached hydrogen (secondary N) is 1. The first-order valence-corrected chi connectivity index (χ1v) is 6.69. The normalized spacial score (nSPS) is 26.1. The van der Waals surface area contributed by atoms with E-state index in [9.17, 15) is 14.3 Å². The second-order valence-corrected chi connectivity index (χ2v) is 5.63. The smallest absolute Gasteiger partial charge is 0.262 e. The van der Waals surface area contributed by atoms with Crippen LogP contribution in [-0.2, 0) is 4.79 Å². The molecule has 0 bridgehead atoms. The van der Waals surface area contributed by atoms with Gasteiger partial charge < -0.3 is 10.4 Å². The first-order valence-electron chi connectivity index (χ1n) is 5.81. The summed E-state index contributed by atoms with van der Waals surface area (Å²) < 4.78 is 13.1. The molecule has 3 rings (SSSR count). The van der Waals surface area contributed by atoms with Crippen LogP contribution in [0.5, 0.6) is 0 Å². The van der Waals surface area contributed by atoms with Gasteiger partial charge in [0, 0.05) is 5.92 Å². The number of hydrogen-bond acceptors (Lipinski definition) is 3. The molecule has 3 nitrogen and oxygen atoms in total. The minimum atomic E-state index is -0.328. The summed E-state index contributed by atoms with van der Waals surface area (Å²) in [7, 11) is 0. The molecule has 0 aromatic heterocycles. The van der Waals surface area contributed by atoms with E-state index in [2.05, 4.69) is 5.32 Å². The minimum absolute atomic E-state index is 0.143. The SMILES string of the molecule is O=C1NC(c2cccc(F)c2)SC1=C(O)C1CC1. The summed E-state index contributed by atoms with van der Waals surface area (Å²) in [5, 5.41) is 12.3. The largest absolute Gasteiger partial charge is 0.511 e. The summed E-state index contributed by atoms with van der Waals surface area (Å²) in [5.74, 6) is -0.259. The van der Waals surface area contributed by atoms with Crippen LogP contribution in [0.2, 0.25) is 0 Å². The van der Waals surface area contributed by atoms with E-state index >= 15 is 0 Å². The zero-order valence-electron chi connectivity index (χ0n) is 9.52. The van der Waals surface area contributed by atoms with Gasteiger partial charge in [-0.3, -0.25) is 4.79 Å². The zero-order chi connectivity index (χ0) is 12.7. The molecule has 1 amide bonds. The first kappa shape index (κ1) is 11.6. The Bertz CT molecular complexity index is 540. The van der Waals surface area contributed by atoms with Gasteiger partial charge in [-0.25, -0.2) is 4.39 Å². The molecule has 1 aromatic carbocycles. The molecular formula is C13H12FNO2S. The van der Waals surface area contributed by atoms with Gasteiger partial charge in [0.15, 0.2) is 0 Å². The highest BCUT2D eigenvalue weighted by atomic mass is 32.2. The Morgan fingerprint density at radius 2 is 2.22 bits per heavy atom. The molecular weight excluding hydrogens is 253 g/mol. The summed E-state index contributed by atoms with van der Waals surface area (Å²) in [6.45, 7) is 0. The van der Waals surface area contributed by atoms with E-state index in [0.29, 0.717) is 10.5 Å². The van der Waals surface area contributed by atoms with Gasteiger partial charge in [-0.05, 0) is 30.5 Å². The number of carbonyl (C=O) groups is 1. The Kier molecular flexibility index (Phi) is 2.78. The molecule has 2 aliphatic rings. The fraction of sp³-hybridized carbons (Fsp3) is 0.308. The lowest BCUT2D eigenvalue weighted by molar-refractivity contribution is -0.116. The van der Waals surface area contributed by atoms with Crippen LogP contribution in [0.1, 0.15) is 23.8 Å². The molecule has 1 aliphatic heterocycles. The number of benzene rings is 1. The van der Waals surface area contributed by atoms with Crippen LogP contribution in [0.3, 0.4) is 0 Å². The quantitative estimate of drug-likeness (QED) is 0.638. The monoisotopic (exact) mass is 265 g/mol. The highest BCUT2D eigenvalue weighted by Gasteiger charge is 2.36. The van der Waals surface area contributed by atoms with E-state index in [1.165, 1.54) is 23.9 Å². The third-order valence-corrected chi connectivity index (χ3v) is 4.31. The summed E-state index contributed by atoms with van der Waals surface area (Å²) in [6.07, 6.45) is 1.88. The average molecular weight is 265 g/mol. The molecule has 1 aliphatic carbocycles. The highest BCUT2D eigenvalue weighted by Crippen LogP contribution is 2.45. The maximum atomic E-state index is 13.1.